The van der Waals surface area contributed by atoms with Crippen LogP contribution in [0.5, 0.6) is 5.75 Å². The largest absolute Gasteiger partial charge is 0.486 e. The first kappa shape index (κ1) is 13.6. The summed E-state index contributed by atoms with van der Waals surface area (Å²) < 4.78 is 5.88. The molecular formula is C16H20N2OS. The molecule has 20 heavy (non-hydrogen) atoms. The van der Waals surface area contributed by atoms with E-state index >= 15 is 0 Å². The zero-order valence-electron chi connectivity index (χ0n) is 12.0. The molecule has 0 spiro atoms. The number of nitrogens with one attached hydrogen (secondary N) is 1. The topological polar surface area (TPSA) is 34.1 Å². The van der Waals surface area contributed by atoms with Crippen molar-refractivity contribution in [3.8, 4) is 5.75 Å². The van der Waals surface area contributed by atoms with E-state index in [1.54, 1.807) is 11.3 Å². The van der Waals surface area contributed by atoms with Gasteiger partial charge < -0.3 is 10.1 Å². The van der Waals surface area contributed by atoms with Gasteiger partial charge in [-0.05, 0) is 43.9 Å². The molecule has 0 unspecified atom stereocenters. The SMILES string of the molecule is Cc1ccc(C)c(OCc2ncc(CNC3CC3)s2)c1. The molecule has 1 N–H and O–H groups in total. The summed E-state index contributed by atoms with van der Waals surface area (Å²) in [5.74, 6) is 0.956. The summed E-state index contributed by atoms with van der Waals surface area (Å²) in [6, 6.07) is 7.02. The molecule has 0 amide bonds. The van der Waals surface area contributed by atoms with Gasteiger partial charge in [-0.3, -0.25) is 0 Å². The van der Waals surface area contributed by atoms with E-state index in [0.29, 0.717) is 6.61 Å². The van der Waals surface area contributed by atoms with Crippen LogP contribution in [-0.4, -0.2) is 11.0 Å². The Bertz CT molecular complexity index is 590. The first-order valence-electron chi connectivity index (χ1n) is 7.08. The molecule has 0 saturated heterocycles. The third-order valence-electron chi connectivity index (χ3n) is 3.44. The molecule has 0 aliphatic heterocycles. The molecule has 1 aromatic carbocycles. The molecule has 3 nitrogen and oxygen atoms in total. The van der Waals surface area contributed by atoms with Gasteiger partial charge in [0.25, 0.3) is 0 Å². The van der Waals surface area contributed by atoms with E-state index in [0.717, 1.165) is 23.3 Å². The quantitative estimate of drug-likeness (QED) is 0.882. The number of hydrogen-bond acceptors (Lipinski definition) is 4. The molecule has 1 heterocycles. The van der Waals surface area contributed by atoms with E-state index in [4.69, 9.17) is 4.74 Å². The van der Waals surface area contributed by atoms with Crippen molar-refractivity contribution in [2.45, 2.75) is 45.9 Å². The van der Waals surface area contributed by atoms with Gasteiger partial charge in [0, 0.05) is 23.7 Å². The fourth-order valence-corrected chi connectivity index (χ4v) is 2.82. The lowest BCUT2D eigenvalue weighted by atomic mass is 10.1. The number of hydrogen-bond donors (Lipinski definition) is 1. The molecule has 3 rings (SSSR count). The summed E-state index contributed by atoms with van der Waals surface area (Å²) >= 11 is 1.73. The molecule has 1 aromatic heterocycles. The van der Waals surface area contributed by atoms with Crippen molar-refractivity contribution in [1.29, 1.82) is 0 Å². The number of thiazole rings is 1. The van der Waals surface area contributed by atoms with Gasteiger partial charge in [0.2, 0.25) is 0 Å². The van der Waals surface area contributed by atoms with Crippen LogP contribution in [0.4, 0.5) is 0 Å². The highest BCUT2D eigenvalue weighted by molar-refractivity contribution is 7.11. The predicted molar refractivity (Wildman–Crippen MR) is 82.2 cm³/mol. The molecule has 0 radical (unpaired) electrons. The zero-order chi connectivity index (χ0) is 13.9. The summed E-state index contributed by atoms with van der Waals surface area (Å²) in [5, 5.41) is 4.55. The van der Waals surface area contributed by atoms with Crippen LogP contribution < -0.4 is 10.1 Å². The molecular weight excluding hydrogens is 268 g/mol. The molecule has 2 aromatic rings. The van der Waals surface area contributed by atoms with E-state index in [1.807, 2.05) is 6.20 Å². The van der Waals surface area contributed by atoms with E-state index in [-0.39, 0.29) is 0 Å². The molecule has 1 aliphatic rings. The molecule has 106 valence electrons. The molecule has 1 saturated carbocycles. The van der Waals surface area contributed by atoms with Crippen molar-refractivity contribution >= 4 is 11.3 Å². The minimum absolute atomic E-state index is 0.554. The molecule has 0 atom stereocenters. The van der Waals surface area contributed by atoms with Crippen molar-refractivity contribution < 1.29 is 4.74 Å². The Morgan fingerprint density at radius 3 is 3.00 bits per heavy atom. The maximum absolute atomic E-state index is 5.88. The van der Waals surface area contributed by atoms with Crippen LogP contribution in [0.3, 0.4) is 0 Å². The summed E-state index contributed by atoms with van der Waals surface area (Å²) in [4.78, 5) is 5.72. The summed E-state index contributed by atoms with van der Waals surface area (Å²) in [7, 11) is 0. The normalized spacial score (nSPS) is 14.5. The standard InChI is InChI=1S/C16H20N2OS/c1-11-3-4-12(2)15(7-11)19-10-16-18-9-14(20-16)8-17-13-5-6-13/h3-4,7,9,13,17H,5-6,8,10H2,1-2H3. The highest BCUT2D eigenvalue weighted by Crippen LogP contribution is 2.23. The van der Waals surface area contributed by atoms with Gasteiger partial charge in [-0.2, -0.15) is 0 Å². The van der Waals surface area contributed by atoms with Gasteiger partial charge in [-0.25, -0.2) is 4.98 Å². The average molecular weight is 288 g/mol. The second kappa shape index (κ2) is 5.94. The van der Waals surface area contributed by atoms with Crippen LogP contribution in [0.15, 0.2) is 24.4 Å². The second-order valence-corrected chi connectivity index (χ2v) is 6.63. The molecule has 1 fully saturated rings. The fourth-order valence-electron chi connectivity index (χ4n) is 2.03. The number of nitrogens with zero attached hydrogens (tertiary/aromatic N) is 1. The highest BCUT2D eigenvalue weighted by atomic mass is 32.1. The summed E-state index contributed by atoms with van der Waals surface area (Å²) in [5.41, 5.74) is 2.39. The van der Waals surface area contributed by atoms with Crippen LogP contribution in [0.2, 0.25) is 0 Å². The molecule has 4 heteroatoms. The maximum atomic E-state index is 5.88. The van der Waals surface area contributed by atoms with Crippen LogP contribution in [0.25, 0.3) is 0 Å². The van der Waals surface area contributed by atoms with Gasteiger partial charge in [0.05, 0.1) is 0 Å². The first-order chi connectivity index (χ1) is 9.70. The lowest BCUT2D eigenvalue weighted by Gasteiger charge is -2.08. The predicted octanol–water partition coefficient (Wildman–Crippen LogP) is 3.59. The lowest BCUT2D eigenvalue weighted by molar-refractivity contribution is 0.303. The maximum Gasteiger partial charge on any atom is 0.140 e. The second-order valence-electron chi connectivity index (χ2n) is 5.43. The Kier molecular flexibility index (Phi) is 4.03. The average Bonchev–Trinajstić information content (AvgIpc) is 3.16. The minimum atomic E-state index is 0.554. The number of benzene rings is 1. The number of ether oxygens (including phenoxy) is 1. The smallest absolute Gasteiger partial charge is 0.140 e. The van der Waals surface area contributed by atoms with Gasteiger partial charge in [0.15, 0.2) is 0 Å². The van der Waals surface area contributed by atoms with Crippen LogP contribution >= 0.6 is 11.3 Å². The van der Waals surface area contributed by atoms with Crippen LogP contribution in [0.1, 0.15) is 33.9 Å². The van der Waals surface area contributed by atoms with Crippen LogP contribution in [-0.2, 0) is 13.2 Å². The number of aromatic nitrogens is 1. The Morgan fingerprint density at radius 2 is 2.20 bits per heavy atom. The molecule has 0 bridgehead atoms. The number of rotatable bonds is 6. The van der Waals surface area contributed by atoms with Gasteiger partial charge >= 0.3 is 0 Å². The first-order valence-corrected chi connectivity index (χ1v) is 7.89. The van der Waals surface area contributed by atoms with Crippen LogP contribution in [0, 0.1) is 13.8 Å². The summed E-state index contributed by atoms with van der Waals surface area (Å²) in [6.45, 7) is 5.64. The Hall–Kier alpha value is -1.39. The van der Waals surface area contributed by atoms with E-state index in [1.165, 1.54) is 28.8 Å². The monoisotopic (exact) mass is 288 g/mol. The van der Waals surface area contributed by atoms with Crippen molar-refractivity contribution in [2.75, 3.05) is 0 Å². The Balaban J connectivity index is 1.55. The minimum Gasteiger partial charge on any atom is -0.486 e. The zero-order valence-corrected chi connectivity index (χ0v) is 12.8. The third kappa shape index (κ3) is 3.58. The van der Waals surface area contributed by atoms with E-state index < -0.39 is 0 Å². The van der Waals surface area contributed by atoms with E-state index in [2.05, 4.69) is 42.3 Å². The highest BCUT2D eigenvalue weighted by Gasteiger charge is 2.20. The van der Waals surface area contributed by atoms with Crippen molar-refractivity contribution in [2.24, 2.45) is 0 Å². The summed E-state index contributed by atoms with van der Waals surface area (Å²) in [6.07, 6.45) is 4.60. The number of aryl methyl sites for hydroxylation is 2. The fraction of sp³-hybridized carbons (Fsp3) is 0.438. The Labute approximate surface area is 124 Å². The lowest BCUT2D eigenvalue weighted by Crippen LogP contribution is -2.14. The van der Waals surface area contributed by atoms with Gasteiger partial charge in [-0.1, -0.05) is 12.1 Å². The van der Waals surface area contributed by atoms with Crippen molar-refractivity contribution in [3.05, 3.63) is 45.4 Å². The van der Waals surface area contributed by atoms with Gasteiger partial charge in [-0.15, -0.1) is 11.3 Å². The third-order valence-corrected chi connectivity index (χ3v) is 4.41. The van der Waals surface area contributed by atoms with Crippen molar-refractivity contribution in [1.82, 2.24) is 10.3 Å². The molecule has 1 aliphatic carbocycles. The van der Waals surface area contributed by atoms with E-state index in [9.17, 15) is 0 Å². The van der Waals surface area contributed by atoms with Gasteiger partial charge in [0.1, 0.15) is 17.4 Å². The Morgan fingerprint density at radius 1 is 1.35 bits per heavy atom. The van der Waals surface area contributed by atoms with Crippen molar-refractivity contribution in [3.63, 3.8) is 0 Å².